The molecule has 0 fully saturated rings. The fourth-order valence-electron chi connectivity index (χ4n) is 3.06. The third kappa shape index (κ3) is 2.14. The van der Waals surface area contributed by atoms with E-state index in [1.165, 1.54) is 52.8 Å². The topological polar surface area (TPSA) is 15.8 Å². The van der Waals surface area contributed by atoms with Gasteiger partial charge in [-0.1, -0.05) is 37.6 Å². The monoisotopic (exact) mass is 251 g/mol. The Balaban J connectivity index is 1.97. The molecular weight excluding hydrogens is 230 g/mol. The summed E-state index contributed by atoms with van der Waals surface area (Å²) in [4.78, 5) is 3.46. The maximum atomic E-state index is 3.46. The van der Waals surface area contributed by atoms with E-state index in [0.29, 0.717) is 0 Å². The Morgan fingerprint density at radius 1 is 1.16 bits per heavy atom. The number of hydrogen-bond acceptors (Lipinski definition) is 0. The van der Waals surface area contributed by atoms with E-state index in [-0.39, 0.29) is 0 Å². The van der Waals surface area contributed by atoms with Crippen molar-refractivity contribution in [2.75, 3.05) is 0 Å². The molecule has 0 saturated carbocycles. The molecular formula is C18H21N. The Morgan fingerprint density at radius 2 is 2.00 bits per heavy atom. The second-order valence-electron chi connectivity index (χ2n) is 5.42. The highest BCUT2D eigenvalue weighted by molar-refractivity contribution is 5.96. The van der Waals surface area contributed by atoms with E-state index in [9.17, 15) is 0 Å². The molecule has 0 saturated heterocycles. The highest BCUT2D eigenvalue weighted by Gasteiger charge is 2.21. The minimum Gasteiger partial charge on any atom is -0.361 e. The molecule has 0 spiro atoms. The molecule has 0 radical (unpaired) electrons. The number of unbranched alkanes of at least 4 members (excludes halogenated alkanes) is 1. The molecule has 1 aliphatic carbocycles. The van der Waals surface area contributed by atoms with Crippen molar-refractivity contribution in [3.05, 3.63) is 58.9 Å². The molecule has 0 amide bonds. The van der Waals surface area contributed by atoms with Gasteiger partial charge in [-0.25, -0.2) is 0 Å². The van der Waals surface area contributed by atoms with Gasteiger partial charge in [0.25, 0.3) is 0 Å². The van der Waals surface area contributed by atoms with Crippen LogP contribution in [0.15, 0.2) is 36.5 Å². The third-order valence-corrected chi connectivity index (χ3v) is 4.18. The molecule has 98 valence electrons. The largest absolute Gasteiger partial charge is 0.361 e. The fourth-order valence-corrected chi connectivity index (χ4v) is 3.06. The maximum absolute atomic E-state index is 3.46. The van der Waals surface area contributed by atoms with Crippen molar-refractivity contribution in [2.45, 2.75) is 39.5 Å². The van der Waals surface area contributed by atoms with Crippen molar-refractivity contribution in [1.82, 2.24) is 4.98 Å². The average molecular weight is 251 g/mol. The van der Waals surface area contributed by atoms with Crippen LogP contribution in [0.5, 0.6) is 0 Å². The first kappa shape index (κ1) is 12.3. The molecule has 1 aliphatic rings. The van der Waals surface area contributed by atoms with Crippen LogP contribution in [0.3, 0.4) is 0 Å². The zero-order chi connectivity index (χ0) is 13.2. The minimum atomic E-state index is 1.07. The van der Waals surface area contributed by atoms with Crippen LogP contribution in [0, 0.1) is 0 Å². The van der Waals surface area contributed by atoms with E-state index < -0.39 is 0 Å². The first-order valence-electron chi connectivity index (χ1n) is 7.26. The van der Waals surface area contributed by atoms with Crippen molar-refractivity contribution in [2.24, 2.45) is 0 Å². The average Bonchev–Trinajstić information content (AvgIpc) is 3.01. The Morgan fingerprint density at radius 3 is 2.79 bits per heavy atom. The van der Waals surface area contributed by atoms with Gasteiger partial charge in [0.05, 0.1) is 0 Å². The molecule has 1 heterocycles. The van der Waals surface area contributed by atoms with Crippen molar-refractivity contribution in [1.29, 1.82) is 0 Å². The summed E-state index contributed by atoms with van der Waals surface area (Å²) in [6, 6.07) is 11.0. The van der Waals surface area contributed by atoms with Gasteiger partial charge in [0, 0.05) is 18.3 Å². The van der Waals surface area contributed by atoms with Crippen LogP contribution in [-0.2, 0) is 12.8 Å². The number of benzene rings is 1. The van der Waals surface area contributed by atoms with Gasteiger partial charge < -0.3 is 4.98 Å². The number of nitrogens with one attached hydrogen (secondary N) is 1. The molecule has 0 unspecified atom stereocenters. The summed E-state index contributed by atoms with van der Waals surface area (Å²) in [6.45, 7) is 4.51. The quantitative estimate of drug-likeness (QED) is 0.800. The SMILES string of the molecule is CCCCc1cc[nH]c1C1=C(C)c2ccccc2C1. The lowest BCUT2D eigenvalue weighted by Gasteiger charge is -2.06. The van der Waals surface area contributed by atoms with Crippen molar-refractivity contribution >= 4 is 11.1 Å². The van der Waals surface area contributed by atoms with E-state index in [4.69, 9.17) is 0 Å². The number of aryl methyl sites for hydroxylation is 1. The third-order valence-electron chi connectivity index (χ3n) is 4.18. The van der Waals surface area contributed by atoms with Crippen molar-refractivity contribution in [3.8, 4) is 0 Å². The summed E-state index contributed by atoms with van der Waals surface area (Å²) in [5.74, 6) is 0. The number of H-pyrrole nitrogens is 1. The van der Waals surface area contributed by atoms with Gasteiger partial charge >= 0.3 is 0 Å². The molecule has 3 rings (SSSR count). The molecule has 1 N–H and O–H groups in total. The summed E-state index contributed by atoms with van der Waals surface area (Å²) in [7, 11) is 0. The number of hydrogen-bond donors (Lipinski definition) is 1. The lowest BCUT2D eigenvalue weighted by molar-refractivity contribution is 0.794. The lowest BCUT2D eigenvalue weighted by atomic mass is 10.0. The standard InChI is InChI=1S/C18H21N/c1-3-4-7-14-10-11-19-18(14)17-12-15-8-5-6-9-16(15)13(17)2/h5-6,8-11,19H,3-4,7,12H2,1-2H3. The fraction of sp³-hybridized carbons (Fsp3) is 0.333. The van der Waals surface area contributed by atoms with Crippen molar-refractivity contribution in [3.63, 3.8) is 0 Å². The molecule has 1 aromatic heterocycles. The van der Waals surface area contributed by atoms with E-state index >= 15 is 0 Å². The highest BCUT2D eigenvalue weighted by atomic mass is 14.7. The van der Waals surface area contributed by atoms with Gasteiger partial charge in [0.2, 0.25) is 0 Å². The summed E-state index contributed by atoms with van der Waals surface area (Å²) >= 11 is 0. The van der Waals surface area contributed by atoms with Gasteiger partial charge in [-0.05, 0) is 53.7 Å². The minimum absolute atomic E-state index is 1.07. The smallest absolute Gasteiger partial charge is 0.0451 e. The first-order chi connectivity index (χ1) is 9.31. The van der Waals surface area contributed by atoms with Gasteiger partial charge in [0.15, 0.2) is 0 Å². The van der Waals surface area contributed by atoms with Crippen LogP contribution < -0.4 is 0 Å². The molecule has 2 aromatic rings. The Hall–Kier alpha value is -1.76. The number of allylic oxidation sites excluding steroid dienone is 2. The van der Waals surface area contributed by atoms with Gasteiger partial charge in [-0.3, -0.25) is 0 Å². The van der Waals surface area contributed by atoms with E-state index in [1.807, 2.05) is 0 Å². The Bertz CT molecular complexity index is 616. The Kier molecular flexibility index (Phi) is 3.29. The summed E-state index contributed by atoms with van der Waals surface area (Å²) in [6.07, 6.45) is 6.86. The normalized spacial score (nSPS) is 14.0. The highest BCUT2D eigenvalue weighted by Crippen LogP contribution is 2.38. The predicted molar refractivity (Wildman–Crippen MR) is 82.0 cm³/mol. The van der Waals surface area contributed by atoms with Crippen LogP contribution in [0.2, 0.25) is 0 Å². The second kappa shape index (κ2) is 5.08. The molecule has 1 aromatic carbocycles. The predicted octanol–water partition coefficient (Wildman–Crippen LogP) is 4.84. The number of aromatic nitrogens is 1. The van der Waals surface area contributed by atoms with Gasteiger partial charge in [-0.2, -0.15) is 0 Å². The van der Waals surface area contributed by atoms with Crippen LogP contribution in [-0.4, -0.2) is 4.98 Å². The van der Waals surface area contributed by atoms with E-state index in [2.05, 4.69) is 55.4 Å². The first-order valence-corrected chi connectivity index (χ1v) is 7.26. The van der Waals surface area contributed by atoms with Crippen LogP contribution in [0.25, 0.3) is 11.1 Å². The Labute approximate surface area is 115 Å². The second-order valence-corrected chi connectivity index (χ2v) is 5.42. The number of aromatic amines is 1. The number of rotatable bonds is 4. The van der Waals surface area contributed by atoms with Gasteiger partial charge in [0.1, 0.15) is 0 Å². The molecule has 0 aliphatic heterocycles. The van der Waals surface area contributed by atoms with Crippen LogP contribution in [0.1, 0.15) is 49.1 Å². The van der Waals surface area contributed by atoms with Gasteiger partial charge in [-0.15, -0.1) is 0 Å². The van der Waals surface area contributed by atoms with Crippen LogP contribution >= 0.6 is 0 Å². The summed E-state index contributed by atoms with van der Waals surface area (Å²) in [5.41, 5.74) is 8.65. The molecule has 19 heavy (non-hydrogen) atoms. The molecule has 1 nitrogen and oxygen atoms in total. The zero-order valence-electron chi connectivity index (χ0n) is 11.8. The molecule has 1 heteroatoms. The zero-order valence-corrected chi connectivity index (χ0v) is 11.8. The van der Waals surface area contributed by atoms with E-state index in [1.54, 1.807) is 0 Å². The molecule has 0 atom stereocenters. The summed E-state index contributed by atoms with van der Waals surface area (Å²) < 4.78 is 0. The van der Waals surface area contributed by atoms with E-state index in [0.717, 1.165) is 6.42 Å². The summed E-state index contributed by atoms with van der Waals surface area (Å²) in [5, 5.41) is 0. The lowest BCUT2D eigenvalue weighted by Crippen LogP contribution is -1.93. The maximum Gasteiger partial charge on any atom is 0.0451 e. The van der Waals surface area contributed by atoms with Crippen molar-refractivity contribution < 1.29 is 0 Å². The molecule has 0 bridgehead atoms. The number of fused-ring (bicyclic) bond motifs is 1. The van der Waals surface area contributed by atoms with Crippen LogP contribution in [0.4, 0.5) is 0 Å².